The normalized spacial score (nSPS) is 16.1. The van der Waals surface area contributed by atoms with E-state index in [9.17, 15) is 9.59 Å². The van der Waals surface area contributed by atoms with E-state index >= 15 is 0 Å². The van der Waals surface area contributed by atoms with Crippen LogP contribution in [-0.4, -0.2) is 28.2 Å². The van der Waals surface area contributed by atoms with Gasteiger partial charge in [-0.3, -0.25) is 9.59 Å². The van der Waals surface area contributed by atoms with Crippen LogP contribution < -0.4 is 5.73 Å². The van der Waals surface area contributed by atoms with Gasteiger partial charge >= 0.3 is 0 Å². The lowest BCUT2D eigenvalue weighted by atomic mass is 10.1. The second-order valence-electron chi connectivity index (χ2n) is 2.38. The Morgan fingerprint density at radius 2 is 2.23 bits per heavy atom. The number of carbonyl (C=O) groups excluding carboxylic acids is 2. The Kier molecular flexibility index (Phi) is 3.18. The van der Waals surface area contributed by atoms with Crippen LogP contribution >= 0.6 is 11.8 Å². The zero-order valence-corrected chi connectivity index (χ0v) is 7.93. The van der Waals surface area contributed by atoms with Crippen molar-refractivity contribution in [1.82, 2.24) is 0 Å². The van der Waals surface area contributed by atoms with E-state index in [1.807, 2.05) is 0 Å². The van der Waals surface area contributed by atoms with Crippen LogP contribution in [0.5, 0.6) is 0 Å². The van der Waals surface area contributed by atoms with E-state index in [4.69, 9.17) is 5.73 Å². The zero-order valence-electron chi connectivity index (χ0n) is 7.11. The number of carbonyl (C=O) groups is 2. The van der Waals surface area contributed by atoms with E-state index in [2.05, 4.69) is 10.2 Å². The summed E-state index contributed by atoms with van der Waals surface area (Å²) in [6, 6.07) is 0. The SMILES string of the molecule is CCC(=O)C(=O)C1=NN=C(N)SC1. The first kappa shape index (κ1) is 9.91. The first-order valence-corrected chi connectivity index (χ1v) is 4.74. The van der Waals surface area contributed by atoms with Gasteiger partial charge in [0.15, 0.2) is 5.17 Å². The van der Waals surface area contributed by atoms with Gasteiger partial charge in [0.25, 0.3) is 0 Å². The molecule has 1 aliphatic heterocycles. The molecule has 0 radical (unpaired) electrons. The van der Waals surface area contributed by atoms with Gasteiger partial charge in [-0.1, -0.05) is 18.7 Å². The van der Waals surface area contributed by atoms with Crippen molar-refractivity contribution in [2.45, 2.75) is 13.3 Å². The summed E-state index contributed by atoms with van der Waals surface area (Å²) in [6.45, 7) is 1.63. The Morgan fingerprint density at radius 1 is 1.54 bits per heavy atom. The van der Waals surface area contributed by atoms with Gasteiger partial charge in [0.05, 0.1) is 0 Å². The molecule has 5 nitrogen and oxygen atoms in total. The molecule has 0 saturated carbocycles. The molecule has 13 heavy (non-hydrogen) atoms. The van der Waals surface area contributed by atoms with E-state index in [1.54, 1.807) is 6.92 Å². The molecule has 0 atom stereocenters. The number of rotatable bonds is 3. The van der Waals surface area contributed by atoms with Crippen LogP contribution in [0.15, 0.2) is 10.2 Å². The van der Waals surface area contributed by atoms with Crippen molar-refractivity contribution in [2.24, 2.45) is 15.9 Å². The fourth-order valence-corrected chi connectivity index (χ4v) is 1.31. The molecule has 0 aromatic rings. The van der Waals surface area contributed by atoms with Gasteiger partial charge in [-0.05, 0) is 0 Å². The fourth-order valence-electron chi connectivity index (χ4n) is 0.742. The minimum Gasteiger partial charge on any atom is -0.377 e. The highest BCUT2D eigenvalue weighted by Crippen LogP contribution is 2.08. The summed E-state index contributed by atoms with van der Waals surface area (Å²) in [6.07, 6.45) is 0.196. The third-order valence-corrected chi connectivity index (χ3v) is 2.26. The lowest BCUT2D eigenvalue weighted by molar-refractivity contribution is -0.132. The predicted molar refractivity (Wildman–Crippen MR) is 51.8 cm³/mol. The molecule has 0 aliphatic carbocycles. The van der Waals surface area contributed by atoms with Crippen molar-refractivity contribution >= 4 is 34.2 Å². The Labute approximate surface area is 79.5 Å². The molecule has 0 fully saturated rings. The second kappa shape index (κ2) is 4.18. The van der Waals surface area contributed by atoms with Crippen LogP contribution in [0, 0.1) is 0 Å². The van der Waals surface area contributed by atoms with Gasteiger partial charge < -0.3 is 5.73 Å². The summed E-state index contributed by atoms with van der Waals surface area (Å²) in [4.78, 5) is 22.2. The summed E-state index contributed by atoms with van der Waals surface area (Å²) < 4.78 is 0. The number of nitrogens with two attached hydrogens (primary N) is 1. The summed E-state index contributed by atoms with van der Waals surface area (Å²) in [5, 5.41) is 7.41. The van der Waals surface area contributed by atoms with E-state index in [0.717, 1.165) is 0 Å². The highest BCUT2D eigenvalue weighted by molar-refractivity contribution is 8.14. The summed E-state index contributed by atoms with van der Waals surface area (Å²) in [7, 11) is 0. The molecule has 1 rings (SSSR count). The van der Waals surface area contributed by atoms with E-state index in [0.29, 0.717) is 10.9 Å². The van der Waals surface area contributed by atoms with Crippen molar-refractivity contribution in [1.29, 1.82) is 0 Å². The first-order chi connectivity index (χ1) is 6.15. The fraction of sp³-hybridized carbons (Fsp3) is 0.429. The molecule has 6 heteroatoms. The third-order valence-electron chi connectivity index (χ3n) is 1.46. The number of hydrogen-bond acceptors (Lipinski definition) is 6. The van der Waals surface area contributed by atoms with Crippen molar-refractivity contribution in [3.8, 4) is 0 Å². The number of hydrogen-bond donors (Lipinski definition) is 1. The summed E-state index contributed by atoms with van der Waals surface area (Å²) in [5.41, 5.74) is 5.50. The average Bonchev–Trinajstić information content (AvgIpc) is 2.17. The van der Waals surface area contributed by atoms with Crippen molar-refractivity contribution in [3.05, 3.63) is 0 Å². The summed E-state index contributed by atoms with van der Waals surface area (Å²) >= 11 is 1.21. The van der Waals surface area contributed by atoms with Crippen molar-refractivity contribution in [3.63, 3.8) is 0 Å². The van der Waals surface area contributed by atoms with Gasteiger partial charge in [-0.2, -0.15) is 0 Å². The lowest BCUT2D eigenvalue weighted by Gasteiger charge is -2.05. The van der Waals surface area contributed by atoms with Gasteiger partial charge in [-0.15, -0.1) is 10.2 Å². The van der Waals surface area contributed by atoms with Gasteiger partial charge in [0.2, 0.25) is 11.6 Å². The van der Waals surface area contributed by atoms with Crippen LogP contribution in [0.2, 0.25) is 0 Å². The number of Topliss-reactive ketones (excluding diaryl/α,β-unsaturated/α-hetero) is 2. The minimum absolute atomic E-state index is 0.186. The average molecular weight is 199 g/mol. The molecule has 0 aromatic heterocycles. The van der Waals surface area contributed by atoms with Crippen LogP contribution in [-0.2, 0) is 9.59 Å². The van der Waals surface area contributed by atoms with Gasteiger partial charge in [0, 0.05) is 12.2 Å². The van der Waals surface area contributed by atoms with Gasteiger partial charge in [-0.25, -0.2) is 0 Å². The topological polar surface area (TPSA) is 84.9 Å². The number of ketones is 2. The van der Waals surface area contributed by atoms with E-state index in [-0.39, 0.29) is 12.1 Å². The van der Waals surface area contributed by atoms with Crippen LogP contribution in [0.25, 0.3) is 0 Å². The van der Waals surface area contributed by atoms with Crippen LogP contribution in [0.4, 0.5) is 0 Å². The standard InChI is InChI=1S/C7H9N3O2S/c1-2-5(11)6(12)4-3-13-7(8)10-9-4/h2-3H2,1H3,(H2,8,10). The molecule has 70 valence electrons. The van der Waals surface area contributed by atoms with Gasteiger partial charge in [0.1, 0.15) is 5.71 Å². The molecule has 0 spiro atoms. The quantitative estimate of drug-likeness (QED) is 0.646. The Bertz CT molecular complexity index is 309. The van der Waals surface area contributed by atoms with Crippen LogP contribution in [0.1, 0.15) is 13.3 Å². The summed E-state index contributed by atoms with van der Waals surface area (Å²) in [5.74, 6) is -0.652. The molecular formula is C7H9N3O2S. The first-order valence-electron chi connectivity index (χ1n) is 3.75. The Balaban J connectivity index is 2.74. The third kappa shape index (κ3) is 2.38. The second-order valence-corrected chi connectivity index (χ2v) is 3.38. The molecule has 0 bridgehead atoms. The minimum atomic E-state index is -0.550. The predicted octanol–water partition coefficient (Wildman–Crippen LogP) is -0.0479. The molecule has 0 saturated heterocycles. The Hall–Kier alpha value is -1.17. The molecule has 0 unspecified atom stereocenters. The lowest BCUT2D eigenvalue weighted by Crippen LogP contribution is -2.28. The van der Waals surface area contributed by atoms with Crippen molar-refractivity contribution in [2.75, 3.05) is 5.75 Å². The maximum absolute atomic E-state index is 11.2. The molecule has 2 N–H and O–H groups in total. The van der Waals surface area contributed by atoms with Crippen LogP contribution in [0.3, 0.4) is 0 Å². The monoisotopic (exact) mass is 199 g/mol. The Morgan fingerprint density at radius 3 is 2.69 bits per heavy atom. The number of amidine groups is 1. The molecule has 0 amide bonds. The highest BCUT2D eigenvalue weighted by atomic mass is 32.2. The number of thioether (sulfide) groups is 1. The molecule has 1 heterocycles. The number of nitrogens with zero attached hydrogens (tertiary/aromatic N) is 2. The largest absolute Gasteiger partial charge is 0.377 e. The van der Waals surface area contributed by atoms with E-state index in [1.165, 1.54) is 11.8 Å². The molecular weight excluding hydrogens is 190 g/mol. The molecule has 0 aromatic carbocycles. The van der Waals surface area contributed by atoms with E-state index < -0.39 is 11.6 Å². The smallest absolute Gasteiger partial charge is 0.245 e. The maximum atomic E-state index is 11.2. The zero-order chi connectivity index (χ0) is 9.84. The molecule has 1 aliphatic rings. The van der Waals surface area contributed by atoms with Crippen molar-refractivity contribution < 1.29 is 9.59 Å². The highest BCUT2D eigenvalue weighted by Gasteiger charge is 2.21. The maximum Gasteiger partial charge on any atom is 0.245 e.